The van der Waals surface area contributed by atoms with Crippen molar-refractivity contribution in [1.29, 1.82) is 0 Å². The molecular formula is C20H20N4O5. The molecule has 3 amide bonds. The van der Waals surface area contributed by atoms with Crippen LogP contribution < -0.4 is 9.47 Å². The van der Waals surface area contributed by atoms with E-state index in [0.29, 0.717) is 24.2 Å². The van der Waals surface area contributed by atoms with Gasteiger partial charge in [-0.05, 0) is 25.0 Å². The number of hydrogen-bond acceptors (Lipinski definition) is 7. The molecule has 1 fully saturated rings. The van der Waals surface area contributed by atoms with Gasteiger partial charge in [0.25, 0.3) is 23.6 Å². The van der Waals surface area contributed by atoms with Crippen LogP contribution in [0.5, 0.6) is 11.8 Å². The predicted octanol–water partition coefficient (Wildman–Crippen LogP) is 1.15. The van der Waals surface area contributed by atoms with Crippen LogP contribution in [0.1, 0.15) is 33.6 Å². The summed E-state index contributed by atoms with van der Waals surface area (Å²) in [7, 11) is 1.48. The Morgan fingerprint density at radius 2 is 1.76 bits per heavy atom. The van der Waals surface area contributed by atoms with Gasteiger partial charge in [-0.25, -0.2) is 9.97 Å². The number of hydrogen-bond donors (Lipinski definition) is 0. The average molecular weight is 396 g/mol. The minimum absolute atomic E-state index is 0.273. The second-order valence-corrected chi connectivity index (χ2v) is 6.83. The summed E-state index contributed by atoms with van der Waals surface area (Å²) in [5.74, 6) is -0.614. The van der Waals surface area contributed by atoms with Crippen LogP contribution in [0.3, 0.4) is 0 Å². The maximum absolute atomic E-state index is 12.8. The van der Waals surface area contributed by atoms with Crippen LogP contribution in [0.4, 0.5) is 0 Å². The average Bonchev–Trinajstić information content (AvgIpc) is 2.99. The summed E-state index contributed by atoms with van der Waals surface area (Å²) in [6, 6.07) is 6.59. The van der Waals surface area contributed by atoms with Crippen molar-refractivity contribution < 1.29 is 23.9 Å². The number of methoxy groups -OCH3 is 1. The highest BCUT2D eigenvalue weighted by molar-refractivity contribution is 6.22. The monoisotopic (exact) mass is 396 g/mol. The van der Waals surface area contributed by atoms with Gasteiger partial charge in [-0.1, -0.05) is 12.1 Å². The molecular weight excluding hydrogens is 376 g/mol. The van der Waals surface area contributed by atoms with Crippen LogP contribution in [-0.2, 0) is 4.79 Å². The van der Waals surface area contributed by atoms with Crippen molar-refractivity contribution in [1.82, 2.24) is 19.8 Å². The number of carbonyl (C=O) groups excluding carboxylic acids is 3. The van der Waals surface area contributed by atoms with Crippen molar-refractivity contribution in [2.24, 2.45) is 0 Å². The molecule has 3 heterocycles. The molecule has 150 valence electrons. The summed E-state index contributed by atoms with van der Waals surface area (Å²) in [5, 5.41) is 0. The number of piperidine rings is 1. The summed E-state index contributed by atoms with van der Waals surface area (Å²) in [6.07, 6.45) is 4.22. The Morgan fingerprint density at radius 1 is 1.10 bits per heavy atom. The van der Waals surface area contributed by atoms with Gasteiger partial charge in [0.05, 0.1) is 24.8 Å². The first kappa shape index (κ1) is 18.9. The van der Waals surface area contributed by atoms with Gasteiger partial charge in [0.2, 0.25) is 5.91 Å². The van der Waals surface area contributed by atoms with E-state index in [9.17, 15) is 14.4 Å². The molecule has 1 saturated heterocycles. The normalized spacial score (nSPS) is 18.6. The number of nitrogens with zero attached hydrogens (tertiary/aromatic N) is 4. The van der Waals surface area contributed by atoms with Crippen molar-refractivity contribution in [3.63, 3.8) is 0 Å². The molecule has 1 aromatic heterocycles. The Kier molecular flexibility index (Phi) is 5.11. The van der Waals surface area contributed by atoms with Gasteiger partial charge in [-0.15, -0.1) is 0 Å². The van der Waals surface area contributed by atoms with Crippen molar-refractivity contribution >= 4 is 17.7 Å². The van der Waals surface area contributed by atoms with E-state index in [1.165, 1.54) is 19.5 Å². The van der Waals surface area contributed by atoms with E-state index in [0.717, 1.165) is 17.7 Å². The Labute approximate surface area is 167 Å². The van der Waals surface area contributed by atoms with E-state index in [-0.39, 0.29) is 30.3 Å². The second-order valence-electron chi connectivity index (χ2n) is 6.83. The number of ether oxygens (including phenoxy) is 2. The molecule has 0 bridgehead atoms. The van der Waals surface area contributed by atoms with E-state index < -0.39 is 11.8 Å². The summed E-state index contributed by atoms with van der Waals surface area (Å²) in [5.41, 5.74) is 0.666. The number of rotatable bonds is 5. The summed E-state index contributed by atoms with van der Waals surface area (Å²) < 4.78 is 11.0. The lowest BCUT2D eigenvalue weighted by Crippen LogP contribution is -2.49. The highest BCUT2D eigenvalue weighted by Gasteiger charge is 2.37. The maximum Gasteiger partial charge on any atom is 0.278 e. The van der Waals surface area contributed by atoms with Crippen LogP contribution >= 0.6 is 0 Å². The number of carbonyl (C=O) groups is 3. The van der Waals surface area contributed by atoms with Gasteiger partial charge in [0.1, 0.15) is 12.6 Å². The zero-order valence-electron chi connectivity index (χ0n) is 15.9. The third kappa shape index (κ3) is 3.63. The summed E-state index contributed by atoms with van der Waals surface area (Å²) in [4.78, 5) is 48.5. The zero-order valence-corrected chi connectivity index (χ0v) is 15.9. The maximum atomic E-state index is 12.8. The van der Waals surface area contributed by atoms with Crippen LogP contribution in [0.25, 0.3) is 0 Å². The highest BCUT2D eigenvalue weighted by atomic mass is 16.5. The van der Waals surface area contributed by atoms with Gasteiger partial charge in [0, 0.05) is 18.9 Å². The zero-order chi connectivity index (χ0) is 20.4. The quantitative estimate of drug-likeness (QED) is 0.699. The topological polar surface area (TPSA) is 102 Å². The highest BCUT2D eigenvalue weighted by Crippen LogP contribution is 2.25. The van der Waals surface area contributed by atoms with Crippen molar-refractivity contribution in [2.45, 2.75) is 18.9 Å². The fraction of sp³-hybridized carbons (Fsp3) is 0.350. The number of imide groups is 1. The predicted molar refractivity (Wildman–Crippen MR) is 101 cm³/mol. The fourth-order valence-corrected chi connectivity index (χ4v) is 3.57. The van der Waals surface area contributed by atoms with Crippen LogP contribution in [-0.4, -0.2) is 70.3 Å². The van der Waals surface area contributed by atoms with Gasteiger partial charge in [-0.3, -0.25) is 19.3 Å². The van der Waals surface area contributed by atoms with Crippen molar-refractivity contribution in [2.75, 3.05) is 26.7 Å². The van der Waals surface area contributed by atoms with E-state index in [1.807, 2.05) is 0 Å². The second kappa shape index (κ2) is 7.86. The molecule has 9 nitrogen and oxygen atoms in total. The molecule has 9 heteroatoms. The van der Waals surface area contributed by atoms with Gasteiger partial charge in [0.15, 0.2) is 0 Å². The van der Waals surface area contributed by atoms with Crippen molar-refractivity contribution in [3.05, 3.63) is 47.8 Å². The Bertz CT molecular complexity index is 928. The minimum atomic E-state index is -0.437. The first-order valence-corrected chi connectivity index (χ1v) is 9.33. The standard InChI is InChI=1S/C20H20N4O5/c1-28-17-18(22-9-8-21-17)29-13-5-4-10-23(11-13)16(25)12-24-19(26)14-6-2-3-7-15(14)20(24)27/h2-3,6-9,13H,4-5,10-12H2,1H3. The SMILES string of the molecule is COc1nccnc1OC1CCCN(C(=O)CN2C(=O)c3ccccc3C2=O)C1. The third-order valence-corrected chi connectivity index (χ3v) is 5.01. The molecule has 0 saturated carbocycles. The van der Waals surface area contributed by atoms with Crippen molar-refractivity contribution in [3.8, 4) is 11.8 Å². The minimum Gasteiger partial charge on any atom is -0.477 e. The molecule has 1 unspecified atom stereocenters. The Morgan fingerprint density at radius 3 is 2.41 bits per heavy atom. The Hall–Kier alpha value is -3.49. The molecule has 0 radical (unpaired) electrons. The van der Waals surface area contributed by atoms with Crippen LogP contribution in [0.15, 0.2) is 36.7 Å². The van der Waals surface area contributed by atoms with E-state index in [1.54, 1.807) is 29.2 Å². The van der Waals surface area contributed by atoms with Gasteiger partial charge in [-0.2, -0.15) is 0 Å². The molecule has 0 N–H and O–H groups in total. The molecule has 2 aromatic rings. The van der Waals surface area contributed by atoms with E-state index in [4.69, 9.17) is 9.47 Å². The molecule has 0 aliphatic carbocycles. The van der Waals surface area contributed by atoms with E-state index >= 15 is 0 Å². The number of fused-ring (bicyclic) bond motifs is 1. The van der Waals surface area contributed by atoms with Crippen LogP contribution in [0, 0.1) is 0 Å². The number of amides is 3. The summed E-state index contributed by atoms with van der Waals surface area (Å²) in [6.45, 7) is 0.592. The van der Waals surface area contributed by atoms with Gasteiger partial charge < -0.3 is 14.4 Å². The van der Waals surface area contributed by atoms with Crippen LogP contribution in [0.2, 0.25) is 0 Å². The molecule has 2 aliphatic rings. The third-order valence-electron chi connectivity index (χ3n) is 5.01. The van der Waals surface area contributed by atoms with Gasteiger partial charge >= 0.3 is 0 Å². The van der Waals surface area contributed by atoms with E-state index in [2.05, 4.69) is 9.97 Å². The lowest BCUT2D eigenvalue weighted by molar-refractivity contribution is -0.134. The number of likely N-dealkylation sites (tertiary alicyclic amines) is 1. The number of aromatic nitrogens is 2. The lowest BCUT2D eigenvalue weighted by atomic mass is 10.1. The molecule has 2 aliphatic heterocycles. The largest absolute Gasteiger partial charge is 0.477 e. The first-order chi connectivity index (χ1) is 14.1. The lowest BCUT2D eigenvalue weighted by Gasteiger charge is -2.33. The molecule has 1 atom stereocenters. The fourth-order valence-electron chi connectivity index (χ4n) is 3.57. The molecule has 1 aromatic carbocycles. The molecule has 4 rings (SSSR count). The first-order valence-electron chi connectivity index (χ1n) is 9.33. The molecule has 29 heavy (non-hydrogen) atoms. The molecule has 0 spiro atoms. The smallest absolute Gasteiger partial charge is 0.278 e. The number of benzene rings is 1. The Balaban J connectivity index is 1.41. The summed E-state index contributed by atoms with van der Waals surface area (Å²) >= 11 is 0.